The van der Waals surface area contributed by atoms with Gasteiger partial charge in [0, 0.05) is 6.54 Å². The van der Waals surface area contributed by atoms with Crippen LogP contribution in [0.5, 0.6) is 0 Å². The zero-order chi connectivity index (χ0) is 27.8. The number of carboxylic acid groups (broad SMARTS) is 1. The first-order valence-corrected chi connectivity index (χ1v) is 11.3. The minimum atomic E-state index is -1.59. The summed E-state index contributed by atoms with van der Waals surface area (Å²) >= 11 is 0. The van der Waals surface area contributed by atoms with E-state index in [1.54, 1.807) is 13.8 Å². The van der Waals surface area contributed by atoms with Crippen LogP contribution in [0.25, 0.3) is 0 Å². The standard InChI is InChI=1S/C20H38N8O8/c1-10(2)6-13(26-15(31)7-25-16(32)11(21)8-29)18(34)27-12(4-3-5-24-20(22)23)17(33)28-14(9-30)19(35)36/h10-14,29-30H,3-9,21H2,1-2H3,(H,25,32)(H,26,31)(H,27,34)(H,28,33)(H,35,36)(H4,22,23,24)/t11-,12-,13-,14-/m0/s1. The van der Waals surface area contributed by atoms with Gasteiger partial charge in [0.2, 0.25) is 23.6 Å². The smallest absolute Gasteiger partial charge is 0.328 e. The summed E-state index contributed by atoms with van der Waals surface area (Å²) in [6, 6.07) is -5.12. The number of carbonyl (C=O) groups excluding carboxylic acids is 4. The van der Waals surface area contributed by atoms with Crippen LogP contribution in [0.1, 0.15) is 33.1 Å². The van der Waals surface area contributed by atoms with Gasteiger partial charge in [-0.05, 0) is 25.2 Å². The molecular formula is C20H38N8O8. The highest BCUT2D eigenvalue weighted by Gasteiger charge is 2.29. The van der Waals surface area contributed by atoms with E-state index in [-0.39, 0.29) is 37.7 Å². The number of carbonyl (C=O) groups is 5. The summed E-state index contributed by atoms with van der Waals surface area (Å²) in [7, 11) is 0. The summed E-state index contributed by atoms with van der Waals surface area (Å²) in [5.74, 6) is -4.76. The lowest BCUT2D eigenvalue weighted by molar-refractivity contribution is -0.143. The number of amides is 4. The molecule has 16 nitrogen and oxygen atoms in total. The van der Waals surface area contributed by atoms with Crippen molar-refractivity contribution in [3.63, 3.8) is 0 Å². The lowest BCUT2D eigenvalue weighted by Gasteiger charge is -2.25. The number of nitrogens with one attached hydrogen (secondary N) is 4. The van der Waals surface area contributed by atoms with Gasteiger partial charge in [-0.2, -0.15) is 0 Å². The van der Waals surface area contributed by atoms with Crippen molar-refractivity contribution in [3.05, 3.63) is 0 Å². The number of hydrogen-bond acceptors (Lipinski definition) is 9. The van der Waals surface area contributed by atoms with Crippen LogP contribution in [-0.2, 0) is 24.0 Å². The van der Waals surface area contributed by atoms with E-state index in [0.717, 1.165) is 0 Å². The number of aliphatic hydroxyl groups is 2. The third-order valence-electron chi connectivity index (χ3n) is 4.69. The molecule has 0 aromatic carbocycles. The molecule has 0 saturated heterocycles. The zero-order valence-corrected chi connectivity index (χ0v) is 20.4. The van der Waals surface area contributed by atoms with Crippen LogP contribution in [-0.4, -0.2) is 101 Å². The highest BCUT2D eigenvalue weighted by atomic mass is 16.4. The van der Waals surface area contributed by atoms with E-state index >= 15 is 0 Å². The summed E-state index contributed by atoms with van der Waals surface area (Å²) in [5, 5.41) is 36.5. The summed E-state index contributed by atoms with van der Waals surface area (Å²) < 4.78 is 0. The van der Waals surface area contributed by atoms with E-state index < -0.39 is 73.5 Å². The number of nitrogens with two attached hydrogens (primary N) is 3. The molecule has 0 spiro atoms. The Morgan fingerprint density at radius 1 is 0.861 bits per heavy atom. The van der Waals surface area contributed by atoms with Gasteiger partial charge in [0.1, 0.15) is 24.2 Å². The van der Waals surface area contributed by atoms with Crippen LogP contribution < -0.4 is 38.5 Å². The number of guanidine groups is 1. The highest BCUT2D eigenvalue weighted by Crippen LogP contribution is 2.07. The molecule has 0 unspecified atom stereocenters. The monoisotopic (exact) mass is 518 g/mol. The largest absolute Gasteiger partial charge is 0.480 e. The molecular weight excluding hydrogens is 480 g/mol. The number of carboxylic acids is 1. The number of aliphatic hydroxyl groups excluding tert-OH is 2. The minimum absolute atomic E-state index is 0.0174. The Balaban J connectivity index is 5.43. The van der Waals surface area contributed by atoms with E-state index in [1.807, 2.05) is 0 Å². The molecule has 0 aliphatic heterocycles. The number of hydrogen-bond donors (Lipinski definition) is 10. The van der Waals surface area contributed by atoms with Crippen molar-refractivity contribution in [2.24, 2.45) is 28.1 Å². The molecule has 36 heavy (non-hydrogen) atoms. The van der Waals surface area contributed by atoms with Gasteiger partial charge in [-0.15, -0.1) is 0 Å². The molecule has 0 fully saturated rings. The van der Waals surface area contributed by atoms with Crippen molar-refractivity contribution < 1.29 is 39.3 Å². The lowest BCUT2D eigenvalue weighted by atomic mass is 10.0. The maximum atomic E-state index is 13.0. The fourth-order valence-electron chi connectivity index (χ4n) is 2.83. The van der Waals surface area contributed by atoms with E-state index in [4.69, 9.17) is 27.4 Å². The van der Waals surface area contributed by atoms with Crippen molar-refractivity contribution in [1.82, 2.24) is 21.3 Å². The van der Waals surface area contributed by atoms with Crippen LogP contribution in [0.3, 0.4) is 0 Å². The van der Waals surface area contributed by atoms with Gasteiger partial charge in [0.15, 0.2) is 5.96 Å². The lowest BCUT2D eigenvalue weighted by Crippen LogP contribution is -2.57. The fraction of sp³-hybridized carbons (Fsp3) is 0.700. The Morgan fingerprint density at radius 2 is 1.44 bits per heavy atom. The summed E-state index contributed by atoms with van der Waals surface area (Å²) in [5.41, 5.74) is 15.9. The second-order valence-corrected chi connectivity index (χ2v) is 8.35. The Kier molecular flexibility index (Phi) is 15.4. The van der Waals surface area contributed by atoms with Gasteiger partial charge in [0.05, 0.1) is 19.8 Å². The molecule has 0 saturated carbocycles. The van der Waals surface area contributed by atoms with Crippen molar-refractivity contribution in [2.45, 2.75) is 57.3 Å². The molecule has 16 heteroatoms. The Hall–Kier alpha value is -3.50. The van der Waals surface area contributed by atoms with Crippen LogP contribution >= 0.6 is 0 Å². The third kappa shape index (κ3) is 13.4. The van der Waals surface area contributed by atoms with Gasteiger partial charge in [-0.25, -0.2) is 4.79 Å². The molecule has 0 aromatic rings. The molecule has 4 atom stereocenters. The van der Waals surface area contributed by atoms with Crippen LogP contribution in [0, 0.1) is 5.92 Å². The predicted octanol–water partition coefficient (Wildman–Crippen LogP) is -4.95. The van der Waals surface area contributed by atoms with E-state index in [0.29, 0.717) is 0 Å². The Labute approximate surface area is 208 Å². The Bertz CT molecular complexity index is 788. The summed E-state index contributed by atoms with van der Waals surface area (Å²) in [6.45, 7) is 1.74. The predicted molar refractivity (Wildman–Crippen MR) is 128 cm³/mol. The first-order chi connectivity index (χ1) is 16.8. The molecule has 0 heterocycles. The van der Waals surface area contributed by atoms with E-state index in [1.165, 1.54) is 0 Å². The molecule has 206 valence electrons. The van der Waals surface area contributed by atoms with E-state index in [9.17, 15) is 29.1 Å². The topological polar surface area (TPSA) is 285 Å². The molecule has 0 aliphatic rings. The first-order valence-electron chi connectivity index (χ1n) is 11.3. The van der Waals surface area contributed by atoms with Crippen molar-refractivity contribution in [2.75, 3.05) is 26.3 Å². The maximum Gasteiger partial charge on any atom is 0.328 e. The quantitative estimate of drug-likeness (QED) is 0.0494. The molecule has 0 aliphatic carbocycles. The summed E-state index contributed by atoms with van der Waals surface area (Å²) in [4.78, 5) is 64.5. The van der Waals surface area contributed by atoms with Crippen molar-refractivity contribution in [3.8, 4) is 0 Å². The normalized spacial score (nSPS) is 14.1. The van der Waals surface area contributed by atoms with Gasteiger partial charge in [0.25, 0.3) is 0 Å². The number of nitrogens with zero attached hydrogens (tertiary/aromatic N) is 1. The summed E-state index contributed by atoms with van der Waals surface area (Å²) in [6.07, 6.45) is 0.438. The number of aliphatic carboxylic acids is 1. The van der Waals surface area contributed by atoms with Crippen LogP contribution in [0.4, 0.5) is 0 Å². The number of aliphatic imine (C=N–C) groups is 1. The van der Waals surface area contributed by atoms with Gasteiger partial charge in [-0.3, -0.25) is 24.2 Å². The second-order valence-electron chi connectivity index (χ2n) is 8.35. The SMILES string of the molecule is CC(C)C[C@H](NC(=O)CNC(=O)[C@@H](N)CO)C(=O)N[C@@H](CCCN=C(N)N)C(=O)N[C@@H](CO)C(=O)O. The Morgan fingerprint density at radius 3 is 1.94 bits per heavy atom. The first kappa shape index (κ1) is 32.5. The minimum Gasteiger partial charge on any atom is -0.480 e. The highest BCUT2D eigenvalue weighted by molar-refractivity contribution is 5.94. The second kappa shape index (κ2) is 17.0. The van der Waals surface area contributed by atoms with Gasteiger partial charge in [-0.1, -0.05) is 13.8 Å². The molecule has 0 rings (SSSR count). The molecule has 0 aromatic heterocycles. The van der Waals surface area contributed by atoms with Crippen LogP contribution in [0.15, 0.2) is 4.99 Å². The fourth-order valence-corrected chi connectivity index (χ4v) is 2.83. The zero-order valence-electron chi connectivity index (χ0n) is 20.4. The molecule has 0 bridgehead atoms. The van der Waals surface area contributed by atoms with Gasteiger partial charge < -0.3 is 53.8 Å². The van der Waals surface area contributed by atoms with Gasteiger partial charge >= 0.3 is 5.97 Å². The maximum absolute atomic E-state index is 13.0. The third-order valence-corrected chi connectivity index (χ3v) is 4.69. The van der Waals surface area contributed by atoms with E-state index in [2.05, 4.69) is 26.3 Å². The van der Waals surface area contributed by atoms with Crippen molar-refractivity contribution in [1.29, 1.82) is 0 Å². The number of rotatable bonds is 17. The molecule has 13 N–H and O–H groups in total. The van der Waals surface area contributed by atoms with Crippen LogP contribution in [0.2, 0.25) is 0 Å². The molecule has 0 radical (unpaired) electrons. The average molecular weight is 519 g/mol. The average Bonchev–Trinajstić information content (AvgIpc) is 2.80. The van der Waals surface area contributed by atoms with Crippen molar-refractivity contribution >= 4 is 35.6 Å². The molecule has 4 amide bonds.